The highest BCUT2D eigenvalue weighted by Crippen LogP contribution is 2.51. The maximum Gasteiger partial charge on any atom is 0.330 e. The molecule has 0 atom stereocenters. The molecule has 4 fully saturated rings. The third kappa shape index (κ3) is 6.67. The van der Waals surface area contributed by atoms with E-state index >= 15 is 0 Å². The van der Waals surface area contributed by atoms with E-state index in [2.05, 4.69) is 67.1 Å². The molecule has 0 spiro atoms. The van der Waals surface area contributed by atoms with E-state index < -0.39 is 0 Å². The number of aliphatic hydroxyl groups is 1. The summed E-state index contributed by atoms with van der Waals surface area (Å²) in [6, 6.07) is 17.2. The van der Waals surface area contributed by atoms with Crippen molar-refractivity contribution in [1.29, 1.82) is 0 Å². The summed E-state index contributed by atoms with van der Waals surface area (Å²) >= 11 is 0. The Morgan fingerprint density at radius 2 is 1.38 bits per heavy atom. The van der Waals surface area contributed by atoms with Gasteiger partial charge in [0.2, 0.25) is 0 Å². The molecule has 6 heteroatoms. The van der Waals surface area contributed by atoms with Crippen molar-refractivity contribution in [3.8, 4) is 0 Å². The first kappa shape index (κ1) is 30.0. The molecule has 6 rings (SSSR count). The number of esters is 2. The Morgan fingerprint density at radius 1 is 0.825 bits per heavy atom. The molecule has 2 heterocycles. The van der Waals surface area contributed by atoms with E-state index in [-0.39, 0.29) is 35.0 Å². The second kappa shape index (κ2) is 12.7. The smallest absolute Gasteiger partial charge is 0.330 e. The summed E-state index contributed by atoms with van der Waals surface area (Å²) in [6.45, 7) is 5.06. The standard InChI is InChI=1S/2C17H22O3/c1-13-3-5-14(6-4-13)16-7-9-17(10-8-16,20-12-16)11-15(18)19-2;1-13-3-5-15(6-4-13)17(12-18)9-7-14(8-10-17)11-16(19)20-2/h3-6H,7-12H2,1-2H3;3-6,11,18H,7-10,12H2,1-2H3. The highest BCUT2D eigenvalue weighted by Gasteiger charge is 2.51. The lowest BCUT2D eigenvalue weighted by Gasteiger charge is -2.53. The lowest BCUT2D eigenvalue weighted by atomic mass is 9.62. The number of aryl methyl sites for hydroxylation is 2. The first-order valence-electron chi connectivity index (χ1n) is 14.4. The van der Waals surface area contributed by atoms with Crippen molar-refractivity contribution >= 4 is 11.9 Å². The van der Waals surface area contributed by atoms with Crippen LogP contribution in [0.4, 0.5) is 0 Å². The summed E-state index contributed by atoms with van der Waals surface area (Å²) in [5.74, 6) is -0.443. The van der Waals surface area contributed by atoms with Crippen LogP contribution >= 0.6 is 0 Å². The van der Waals surface area contributed by atoms with Gasteiger partial charge < -0.3 is 19.3 Å². The number of hydrogen-bond acceptors (Lipinski definition) is 6. The average Bonchev–Trinajstić information content (AvgIpc) is 2.99. The third-order valence-electron chi connectivity index (χ3n) is 9.47. The van der Waals surface area contributed by atoms with Crippen molar-refractivity contribution in [3.63, 3.8) is 0 Å². The minimum absolute atomic E-state index is 0.154. The Balaban J connectivity index is 0.000000185. The summed E-state index contributed by atoms with van der Waals surface area (Å²) in [7, 11) is 2.84. The van der Waals surface area contributed by atoms with E-state index in [1.807, 2.05) is 0 Å². The molecular weight excluding hydrogens is 504 g/mol. The second-order valence-corrected chi connectivity index (χ2v) is 12.0. The second-order valence-electron chi connectivity index (χ2n) is 12.0. The molecule has 2 aromatic carbocycles. The van der Waals surface area contributed by atoms with Crippen LogP contribution in [0.5, 0.6) is 0 Å². The number of methoxy groups -OCH3 is 2. The summed E-state index contributed by atoms with van der Waals surface area (Å²) in [5.41, 5.74) is 5.94. The average molecular weight is 549 g/mol. The van der Waals surface area contributed by atoms with Crippen LogP contribution in [0.2, 0.25) is 0 Å². The molecule has 2 aromatic rings. The molecule has 2 aliphatic carbocycles. The van der Waals surface area contributed by atoms with Gasteiger partial charge in [-0.2, -0.15) is 0 Å². The van der Waals surface area contributed by atoms with Crippen molar-refractivity contribution in [3.05, 3.63) is 82.4 Å². The van der Waals surface area contributed by atoms with Crippen LogP contribution in [-0.4, -0.2) is 50.1 Å². The van der Waals surface area contributed by atoms with Crippen molar-refractivity contribution in [2.45, 2.75) is 88.1 Å². The highest BCUT2D eigenvalue weighted by atomic mass is 16.5. The van der Waals surface area contributed by atoms with Crippen LogP contribution < -0.4 is 0 Å². The first-order chi connectivity index (χ1) is 19.2. The minimum atomic E-state index is -0.285. The normalized spacial score (nSPS) is 27.3. The number of hydrogen-bond donors (Lipinski definition) is 1. The van der Waals surface area contributed by atoms with Crippen LogP contribution in [0.15, 0.2) is 60.2 Å². The predicted octanol–water partition coefficient (Wildman–Crippen LogP) is 6.04. The molecule has 2 saturated carbocycles. The van der Waals surface area contributed by atoms with E-state index in [1.165, 1.54) is 36.5 Å². The maximum absolute atomic E-state index is 11.5. The van der Waals surface area contributed by atoms with Gasteiger partial charge in [-0.05, 0) is 76.3 Å². The van der Waals surface area contributed by atoms with Gasteiger partial charge in [0.25, 0.3) is 0 Å². The fourth-order valence-electron chi connectivity index (χ4n) is 6.47. The number of carbonyl (C=O) groups is 2. The molecule has 2 aliphatic heterocycles. The van der Waals surface area contributed by atoms with Crippen molar-refractivity contribution in [2.75, 3.05) is 27.4 Å². The zero-order valence-corrected chi connectivity index (χ0v) is 24.5. The summed E-state index contributed by atoms with van der Waals surface area (Å²) in [6.07, 6.45) is 9.52. The third-order valence-corrected chi connectivity index (χ3v) is 9.47. The van der Waals surface area contributed by atoms with Gasteiger partial charge in [0.1, 0.15) is 0 Å². The number of carbonyl (C=O) groups excluding carboxylic acids is 2. The van der Waals surface area contributed by atoms with E-state index in [0.29, 0.717) is 6.42 Å². The van der Waals surface area contributed by atoms with Crippen LogP contribution in [0.1, 0.15) is 80.0 Å². The molecule has 6 nitrogen and oxygen atoms in total. The summed E-state index contributed by atoms with van der Waals surface area (Å²) in [4.78, 5) is 22.8. The molecule has 0 amide bonds. The molecule has 0 radical (unpaired) electrons. The fourth-order valence-corrected chi connectivity index (χ4v) is 6.47. The number of ether oxygens (including phenoxy) is 3. The Morgan fingerprint density at radius 3 is 1.82 bits per heavy atom. The minimum Gasteiger partial charge on any atom is -0.469 e. The molecule has 2 saturated heterocycles. The lowest BCUT2D eigenvalue weighted by molar-refractivity contribution is -0.176. The van der Waals surface area contributed by atoms with Gasteiger partial charge in [0, 0.05) is 16.9 Å². The number of aliphatic hydroxyl groups excluding tert-OH is 1. The molecule has 40 heavy (non-hydrogen) atoms. The monoisotopic (exact) mass is 548 g/mol. The van der Waals surface area contributed by atoms with Crippen LogP contribution in [-0.2, 0) is 34.6 Å². The Kier molecular flexibility index (Phi) is 9.52. The van der Waals surface area contributed by atoms with Gasteiger partial charge in [-0.1, -0.05) is 65.2 Å². The topological polar surface area (TPSA) is 82.1 Å². The molecular formula is C34H44O6. The molecule has 0 aromatic heterocycles. The van der Waals surface area contributed by atoms with E-state index in [0.717, 1.165) is 63.5 Å². The molecule has 4 aliphatic rings. The van der Waals surface area contributed by atoms with Crippen molar-refractivity contribution in [2.24, 2.45) is 0 Å². The Labute approximate surface area is 238 Å². The van der Waals surface area contributed by atoms with Crippen LogP contribution in [0, 0.1) is 13.8 Å². The van der Waals surface area contributed by atoms with E-state index in [4.69, 9.17) is 9.47 Å². The van der Waals surface area contributed by atoms with Gasteiger partial charge in [0.15, 0.2) is 0 Å². The predicted molar refractivity (Wildman–Crippen MR) is 155 cm³/mol. The quantitative estimate of drug-likeness (QED) is 0.350. The molecule has 216 valence electrons. The Hall–Kier alpha value is -2.96. The first-order valence-corrected chi connectivity index (χ1v) is 14.4. The van der Waals surface area contributed by atoms with Crippen molar-refractivity contribution in [1.82, 2.24) is 0 Å². The lowest BCUT2D eigenvalue weighted by Crippen LogP contribution is -2.54. The number of fused-ring (bicyclic) bond motifs is 3. The van der Waals surface area contributed by atoms with Crippen LogP contribution in [0.3, 0.4) is 0 Å². The summed E-state index contributed by atoms with van der Waals surface area (Å²) in [5, 5.41) is 9.87. The van der Waals surface area contributed by atoms with Gasteiger partial charge >= 0.3 is 11.9 Å². The molecule has 0 unspecified atom stereocenters. The van der Waals surface area contributed by atoms with Gasteiger partial charge in [-0.15, -0.1) is 0 Å². The fraction of sp³-hybridized carbons (Fsp3) is 0.529. The van der Waals surface area contributed by atoms with Gasteiger partial charge in [-0.3, -0.25) is 4.79 Å². The van der Waals surface area contributed by atoms with Crippen LogP contribution in [0.25, 0.3) is 0 Å². The van der Waals surface area contributed by atoms with Gasteiger partial charge in [-0.25, -0.2) is 4.79 Å². The largest absolute Gasteiger partial charge is 0.469 e. The van der Waals surface area contributed by atoms with Crippen molar-refractivity contribution < 1.29 is 28.9 Å². The SMILES string of the molecule is COC(=O)C=C1CCC(CO)(c2ccc(C)cc2)CC1.COC(=O)CC12CCC(c3ccc(C)cc3)(CC1)CO2. The van der Waals surface area contributed by atoms with E-state index in [1.54, 1.807) is 6.08 Å². The van der Waals surface area contributed by atoms with Gasteiger partial charge in [0.05, 0.1) is 39.5 Å². The number of allylic oxidation sites excluding steroid dienone is 1. The highest BCUT2D eigenvalue weighted by molar-refractivity contribution is 5.82. The zero-order chi connectivity index (χ0) is 28.8. The number of rotatable bonds is 6. The molecule has 2 bridgehead atoms. The maximum atomic E-state index is 11.5. The molecule has 1 N–H and O–H groups in total. The van der Waals surface area contributed by atoms with E-state index in [9.17, 15) is 14.7 Å². The summed E-state index contributed by atoms with van der Waals surface area (Å²) < 4.78 is 15.6. The zero-order valence-electron chi connectivity index (χ0n) is 24.5. The Bertz CT molecular complexity index is 1160. The number of benzene rings is 2.